The molecule has 0 aliphatic heterocycles. The summed E-state index contributed by atoms with van der Waals surface area (Å²) < 4.78 is 1.87. The molecule has 1 aliphatic carbocycles. The first kappa shape index (κ1) is 21.0. The number of fused-ring (bicyclic) bond motifs is 1. The van der Waals surface area contributed by atoms with Crippen molar-refractivity contribution in [2.75, 3.05) is 0 Å². The zero-order chi connectivity index (χ0) is 22.6. The first-order valence-electron chi connectivity index (χ1n) is 11.5. The zero-order valence-electron chi connectivity index (χ0n) is 18.7. The Hall–Kier alpha value is -3.92. The molecule has 3 aromatic carbocycles. The van der Waals surface area contributed by atoms with Crippen LogP contribution in [0, 0.1) is 6.92 Å². The average Bonchev–Trinajstić information content (AvgIpc) is 3.28. The number of para-hydroxylation sites is 1. The van der Waals surface area contributed by atoms with Gasteiger partial charge in [-0.1, -0.05) is 72.3 Å². The Labute approximate surface area is 194 Å². The SMILES string of the molecule is Cc1ccc(-c2nn(-c3ccccc3)cc2/C=C/C(=O)N[C@H]2CCCc3ccccc32)cc1. The normalized spacial score (nSPS) is 15.4. The van der Waals surface area contributed by atoms with Crippen molar-refractivity contribution < 1.29 is 4.79 Å². The van der Waals surface area contributed by atoms with Gasteiger partial charge in [-0.2, -0.15) is 5.10 Å². The molecule has 1 N–H and O–H groups in total. The van der Waals surface area contributed by atoms with E-state index in [1.54, 1.807) is 6.08 Å². The van der Waals surface area contributed by atoms with E-state index in [2.05, 4.69) is 54.7 Å². The molecule has 1 heterocycles. The average molecular weight is 434 g/mol. The van der Waals surface area contributed by atoms with Gasteiger partial charge in [0.1, 0.15) is 0 Å². The van der Waals surface area contributed by atoms with Crippen molar-refractivity contribution in [1.29, 1.82) is 0 Å². The molecule has 1 aliphatic rings. The lowest BCUT2D eigenvalue weighted by Gasteiger charge is -2.25. The zero-order valence-corrected chi connectivity index (χ0v) is 18.7. The fraction of sp³-hybridized carbons (Fsp3) is 0.172. The van der Waals surface area contributed by atoms with Gasteiger partial charge in [-0.15, -0.1) is 0 Å². The Bertz CT molecular complexity index is 1290. The van der Waals surface area contributed by atoms with Crippen LogP contribution in [-0.4, -0.2) is 15.7 Å². The maximum atomic E-state index is 12.8. The number of benzene rings is 3. The molecule has 0 saturated heterocycles. The van der Waals surface area contributed by atoms with Gasteiger partial charge < -0.3 is 5.32 Å². The molecule has 4 nitrogen and oxygen atoms in total. The van der Waals surface area contributed by atoms with Crippen molar-refractivity contribution in [3.63, 3.8) is 0 Å². The van der Waals surface area contributed by atoms with E-state index in [4.69, 9.17) is 5.10 Å². The third-order valence-corrected chi connectivity index (χ3v) is 6.19. The summed E-state index contributed by atoms with van der Waals surface area (Å²) in [5, 5.41) is 8.03. The van der Waals surface area contributed by atoms with Crippen molar-refractivity contribution in [2.45, 2.75) is 32.2 Å². The molecule has 0 bridgehead atoms. The number of carbonyl (C=O) groups is 1. The predicted molar refractivity (Wildman–Crippen MR) is 133 cm³/mol. The van der Waals surface area contributed by atoms with Crippen LogP contribution < -0.4 is 5.32 Å². The van der Waals surface area contributed by atoms with Crippen LogP contribution in [0.15, 0.2) is 91.1 Å². The van der Waals surface area contributed by atoms with Crippen LogP contribution >= 0.6 is 0 Å². The minimum Gasteiger partial charge on any atom is -0.346 e. The van der Waals surface area contributed by atoms with E-state index in [9.17, 15) is 4.79 Å². The number of rotatable bonds is 5. The third kappa shape index (κ3) is 4.65. The predicted octanol–water partition coefficient (Wildman–Crippen LogP) is 6.05. The number of amides is 1. The summed E-state index contributed by atoms with van der Waals surface area (Å²) in [7, 11) is 0. The highest BCUT2D eigenvalue weighted by molar-refractivity contribution is 5.93. The van der Waals surface area contributed by atoms with E-state index in [0.717, 1.165) is 41.8 Å². The Morgan fingerprint density at radius 2 is 1.76 bits per heavy atom. The molecule has 1 atom stereocenters. The van der Waals surface area contributed by atoms with E-state index in [-0.39, 0.29) is 11.9 Å². The molecule has 0 spiro atoms. The monoisotopic (exact) mass is 433 g/mol. The molecule has 5 rings (SSSR count). The minimum absolute atomic E-state index is 0.0655. The van der Waals surface area contributed by atoms with Crippen molar-refractivity contribution in [1.82, 2.24) is 15.1 Å². The second-order valence-electron chi connectivity index (χ2n) is 8.56. The Kier molecular flexibility index (Phi) is 5.90. The van der Waals surface area contributed by atoms with Gasteiger partial charge in [0, 0.05) is 23.4 Å². The van der Waals surface area contributed by atoms with E-state index in [1.807, 2.05) is 53.4 Å². The molecule has 4 aromatic rings. The largest absolute Gasteiger partial charge is 0.346 e. The van der Waals surface area contributed by atoms with Gasteiger partial charge >= 0.3 is 0 Å². The molecule has 0 saturated carbocycles. The highest BCUT2D eigenvalue weighted by Gasteiger charge is 2.20. The highest BCUT2D eigenvalue weighted by Crippen LogP contribution is 2.29. The molecule has 1 amide bonds. The van der Waals surface area contributed by atoms with Gasteiger partial charge in [0.2, 0.25) is 5.91 Å². The summed E-state index contributed by atoms with van der Waals surface area (Å²) in [6.07, 6.45) is 8.61. The van der Waals surface area contributed by atoms with E-state index < -0.39 is 0 Å². The maximum Gasteiger partial charge on any atom is 0.244 e. The van der Waals surface area contributed by atoms with E-state index >= 15 is 0 Å². The number of carbonyl (C=O) groups excluding carboxylic acids is 1. The van der Waals surface area contributed by atoms with Gasteiger partial charge in [0.15, 0.2) is 0 Å². The lowest BCUT2D eigenvalue weighted by atomic mass is 9.88. The number of nitrogens with zero attached hydrogens (tertiary/aromatic N) is 2. The summed E-state index contributed by atoms with van der Waals surface area (Å²) in [6.45, 7) is 2.07. The van der Waals surface area contributed by atoms with Crippen molar-refractivity contribution in [3.8, 4) is 16.9 Å². The van der Waals surface area contributed by atoms with Gasteiger partial charge in [-0.25, -0.2) is 4.68 Å². The second kappa shape index (κ2) is 9.29. The van der Waals surface area contributed by atoms with Crippen molar-refractivity contribution >= 4 is 12.0 Å². The fourth-order valence-corrected chi connectivity index (χ4v) is 4.45. The number of hydrogen-bond donors (Lipinski definition) is 1. The molecule has 33 heavy (non-hydrogen) atoms. The van der Waals surface area contributed by atoms with Crippen LogP contribution in [0.2, 0.25) is 0 Å². The van der Waals surface area contributed by atoms with Gasteiger partial charge in [-0.05, 0) is 55.5 Å². The van der Waals surface area contributed by atoms with E-state index in [0.29, 0.717) is 0 Å². The molecular weight excluding hydrogens is 406 g/mol. The van der Waals surface area contributed by atoms with E-state index in [1.165, 1.54) is 16.7 Å². The Balaban J connectivity index is 1.42. The standard InChI is InChI=1S/C29H27N3O/c1-21-14-16-23(17-15-21)29-24(20-32(31-29)25-10-3-2-4-11-25)18-19-28(33)30-27-13-7-9-22-8-5-6-12-26(22)27/h2-6,8,10-12,14-20,27H,7,9,13H2,1H3,(H,30,33)/b19-18+/t27-/m0/s1. The Morgan fingerprint density at radius 1 is 1.00 bits per heavy atom. The van der Waals surface area contributed by atoms with Gasteiger partial charge in [0.25, 0.3) is 0 Å². The Morgan fingerprint density at radius 3 is 2.58 bits per heavy atom. The van der Waals surface area contributed by atoms with Crippen LogP contribution in [0.1, 0.15) is 41.1 Å². The quantitative estimate of drug-likeness (QED) is 0.389. The molecule has 4 heteroatoms. The van der Waals surface area contributed by atoms with Crippen molar-refractivity contribution in [3.05, 3.63) is 113 Å². The summed E-state index contributed by atoms with van der Waals surface area (Å²) in [5.41, 5.74) is 7.54. The number of aromatic nitrogens is 2. The van der Waals surface area contributed by atoms with Gasteiger partial charge in [-0.3, -0.25) is 4.79 Å². The van der Waals surface area contributed by atoms with Gasteiger partial charge in [0.05, 0.1) is 17.4 Å². The lowest BCUT2D eigenvalue weighted by molar-refractivity contribution is -0.117. The van der Waals surface area contributed by atoms with Crippen LogP contribution in [0.3, 0.4) is 0 Å². The van der Waals surface area contributed by atoms with Crippen LogP contribution in [0.25, 0.3) is 23.0 Å². The first-order chi connectivity index (χ1) is 16.2. The number of hydrogen-bond acceptors (Lipinski definition) is 2. The molecule has 164 valence electrons. The lowest BCUT2D eigenvalue weighted by Crippen LogP contribution is -2.29. The summed E-state index contributed by atoms with van der Waals surface area (Å²) in [4.78, 5) is 12.8. The summed E-state index contributed by atoms with van der Waals surface area (Å²) in [5.74, 6) is -0.0842. The highest BCUT2D eigenvalue weighted by atomic mass is 16.1. The second-order valence-corrected chi connectivity index (χ2v) is 8.56. The topological polar surface area (TPSA) is 46.9 Å². The molecule has 0 radical (unpaired) electrons. The van der Waals surface area contributed by atoms with Crippen molar-refractivity contribution in [2.24, 2.45) is 0 Å². The van der Waals surface area contributed by atoms with Crippen LogP contribution in [0.4, 0.5) is 0 Å². The smallest absolute Gasteiger partial charge is 0.244 e. The number of aryl methyl sites for hydroxylation is 2. The maximum absolute atomic E-state index is 12.8. The molecule has 1 aromatic heterocycles. The number of nitrogens with one attached hydrogen (secondary N) is 1. The summed E-state index contributed by atoms with van der Waals surface area (Å²) >= 11 is 0. The molecule has 0 unspecified atom stereocenters. The van der Waals surface area contributed by atoms with Crippen LogP contribution in [-0.2, 0) is 11.2 Å². The van der Waals surface area contributed by atoms with Crippen LogP contribution in [0.5, 0.6) is 0 Å². The third-order valence-electron chi connectivity index (χ3n) is 6.19. The summed E-state index contributed by atoms with van der Waals surface area (Å²) in [6, 6.07) is 26.8. The molecule has 0 fully saturated rings. The first-order valence-corrected chi connectivity index (χ1v) is 11.5. The fourth-order valence-electron chi connectivity index (χ4n) is 4.45. The minimum atomic E-state index is -0.0842. The molecular formula is C29H27N3O.